The van der Waals surface area contributed by atoms with E-state index in [0.29, 0.717) is 24.3 Å². The quantitative estimate of drug-likeness (QED) is 0.845. The molecule has 0 bridgehead atoms. The number of primary amides is 1. The topological polar surface area (TPSA) is 88.3 Å². The van der Waals surface area contributed by atoms with E-state index in [1.807, 2.05) is 29.2 Å². The number of anilines is 1. The van der Waals surface area contributed by atoms with E-state index in [0.717, 1.165) is 12.8 Å². The van der Waals surface area contributed by atoms with Crippen LogP contribution in [0, 0.1) is 0 Å². The van der Waals surface area contributed by atoms with E-state index >= 15 is 0 Å². The van der Waals surface area contributed by atoms with Crippen LogP contribution in [0.5, 0.6) is 0 Å². The van der Waals surface area contributed by atoms with Gasteiger partial charge < -0.3 is 16.0 Å². The molecular weight excluding hydrogens is 304 g/mol. The molecule has 3 rings (SSSR count). The number of urea groups is 1. The Morgan fingerprint density at radius 3 is 2.50 bits per heavy atom. The van der Waals surface area contributed by atoms with Crippen LogP contribution in [0.3, 0.4) is 0 Å². The Balaban J connectivity index is 2.08. The number of amides is 2. The fraction of sp³-hybridized carbons (Fsp3) is 0.278. The zero-order valence-electron chi connectivity index (χ0n) is 13.3. The summed E-state index contributed by atoms with van der Waals surface area (Å²) in [6, 6.07) is 13.7. The predicted octanol–water partition coefficient (Wildman–Crippen LogP) is 2.32. The summed E-state index contributed by atoms with van der Waals surface area (Å²) in [5.74, 6) is 0.475. The van der Waals surface area contributed by atoms with Gasteiger partial charge in [0.1, 0.15) is 5.82 Å². The number of nitrogens with zero attached hydrogens (tertiary/aromatic N) is 2. The number of ketones is 1. The molecule has 3 N–H and O–H groups in total. The molecule has 0 radical (unpaired) electrons. The van der Waals surface area contributed by atoms with Gasteiger partial charge in [-0.25, -0.2) is 9.78 Å². The van der Waals surface area contributed by atoms with Gasteiger partial charge in [0.2, 0.25) is 5.78 Å². The Morgan fingerprint density at radius 2 is 1.83 bits per heavy atom. The van der Waals surface area contributed by atoms with Gasteiger partial charge in [-0.3, -0.25) is 4.79 Å². The van der Waals surface area contributed by atoms with Crippen LogP contribution in [0.1, 0.15) is 29.6 Å². The van der Waals surface area contributed by atoms with E-state index < -0.39 is 11.7 Å². The van der Waals surface area contributed by atoms with E-state index in [9.17, 15) is 9.59 Å². The van der Waals surface area contributed by atoms with Crippen molar-refractivity contribution in [3.8, 4) is 0 Å². The highest BCUT2D eigenvalue weighted by Crippen LogP contribution is 2.33. The molecular formula is C18H20N4O2. The number of piperidine rings is 1. The minimum atomic E-state index is -1.21. The van der Waals surface area contributed by atoms with Crippen LogP contribution in [0.25, 0.3) is 0 Å². The molecule has 24 heavy (non-hydrogen) atoms. The average Bonchev–Trinajstić information content (AvgIpc) is 2.62. The van der Waals surface area contributed by atoms with Crippen LogP contribution in [0.4, 0.5) is 10.6 Å². The van der Waals surface area contributed by atoms with Gasteiger partial charge in [-0.1, -0.05) is 36.4 Å². The molecule has 1 aliphatic rings. The van der Waals surface area contributed by atoms with Gasteiger partial charge in [-0.15, -0.1) is 0 Å². The van der Waals surface area contributed by atoms with Crippen molar-refractivity contribution in [3.63, 3.8) is 0 Å². The Labute approximate surface area is 140 Å². The van der Waals surface area contributed by atoms with Gasteiger partial charge in [0, 0.05) is 18.3 Å². The minimum absolute atomic E-state index is 0.174. The third-order valence-corrected chi connectivity index (χ3v) is 4.30. The molecule has 1 unspecified atom stereocenters. The van der Waals surface area contributed by atoms with Crippen molar-refractivity contribution < 1.29 is 9.59 Å². The molecule has 2 heterocycles. The van der Waals surface area contributed by atoms with Crippen LogP contribution < -0.4 is 16.0 Å². The first-order chi connectivity index (χ1) is 11.6. The summed E-state index contributed by atoms with van der Waals surface area (Å²) >= 11 is 0. The van der Waals surface area contributed by atoms with Crippen molar-refractivity contribution in [1.29, 1.82) is 0 Å². The fourth-order valence-corrected chi connectivity index (χ4v) is 3.26. The van der Waals surface area contributed by atoms with Crippen molar-refractivity contribution in [3.05, 3.63) is 60.3 Å². The smallest absolute Gasteiger partial charge is 0.314 e. The lowest BCUT2D eigenvalue weighted by atomic mass is 9.87. The zero-order chi connectivity index (χ0) is 17.0. The van der Waals surface area contributed by atoms with Crippen LogP contribution >= 0.6 is 0 Å². The molecule has 0 aliphatic carbocycles. The summed E-state index contributed by atoms with van der Waals surface area (Å²) in [7, 11) is 0. The molecule has 1 fully saturated rings. The second kappa shape index (κ2) is 6.70. The lowest BCUT2D eigenvalue weighted by Crippen LogP contribution is -2.68. The first-order valence-electron chi connectivity index (χ1n) is 8.00. The van der Waals surface area contributed by atoms with Crippen molar-refractivity contribution in [1.82, 2.24) is 10.3 Å². The third kappa shape index (κ3) is 2.95. The highest BCUT2D eigenvalue weighted by Gasteiger charge is 2.47. The number of hydrogen-bond acceptors (Lipinski definition) is 4. The van der Waals surface area contributed by atoms with Crippen LogP contribution in [-0.2, 0) is 0 Å². The number of pyridine rings is 1. The number of nitrogens with two attached hydrogens (primary N) is 1. The number of benzene rings is 1. The number of nitrogens with one attached hydrogen (secondary N) is 1. The standard InChI is InChI=1S/C18H20N4O2/c19-17(24)21-18(16(23)14-8-2-1-3-9-14)11-5-7-13-22(18)15-10-4-6-12-20-15/h1-4,6,8-10,12H,5,7,11,13H2,(H3,19,21,24). The number of Topliss-reactive ketones (excluding diaryl/α,β-unsaturated/α-hetero) is 1. The van der Waals surface area contributed by atoms with Gasteiger partial charge in [-0.05, 0) is 31.4 Å². The van der Waals surface area contributed by atoms with Gasteiger partial charge in [-0.2, -0.15) is 0 Å². The molecule has 1 aliphatic heterocycles. The molecule has 6 heteroatoms. The van der Waals surface area contributed by atoms with E-state index in [4.69, 9.17) is 5.73 Å². The molecule has 1 aromatic heterocycles. The third-order valence-electron chi connectivity index (χ3n) is 4.30. The lowest BCUT2D eigenvalue weighted by Gasteiger charge is -2.46. The number of aromatic nitrogens is 1. The molecule has 124 valence electrons. The van der Waals surface area contributed by atoms with Crippen molar-refractivity contribution in [2.75, 3.05) is 11.4 Å². The van der Waals surface area contributed by atoms with Crippen LogP contribution in [0.2, 0.25) is 0 Å². The van der Waals surface area contributed by atoms with Crippen molar-refractivity contribution >= 4 is 17.6 Å². The molecule has 1 atom stereocenters. The van der Waals surface area contributed by atoms with Crippen LogP contribution in [-0.4, -0.2) is 29.0 Å². The Morgan fingerprint density at radius 1 is 1.08 bits per heavy atom. The normalized spacial score (nSPS) is 20.4. The summed E-state index contributed by atoms with van der Waals surface area (Å²) in [6.45, 7) is 0.621. The number of rotatable bonds is 4. The first kappa shape index (κ1) is 16.0. The fourth-order valence-electron chi connectivity index (χ4n) is 3.26. The molecule has 2 aromatic rings. The summed E-state index contributed by atoms with van der Waals surface area (Å²) in [6.07, 6.45) is 3.90. The molecule has 6 nitrogen and oxygen atoms in total. The van der Waals surface area contributed by atoms with Gasteiger partial charge in [0.05, 0.1) is 0 Å². The summed E-state index contributed by atoms with van der Waals surface area (Å²) in [5.41, 5.74) is 4.74. The van der Waals surface area contributed by atoms with Gasteiger partial charge >= 0.3 is 6.03 Å². The molecule has 1 saturated heterocycles. The number of hydrogen-bond donors (Lipinski definition) is 2. The SMILES string of the molecule is NC(=O)NC1(C(=O)c2ccccc2)CCCCN1c1ccccn1. The lowest BCUT2D eigenvalue weighted by molar-refractivity contribution is 0.0820. The maximum atomic E-state index is 13.3. The molecule has 1 aromatic carbocycles. The molecule has 0 spiro atoms. The van der Waals surface area contributed by atoms with E-state index in [-0.39, 0.29) is 5.78 Å². The second-order valence-electron chi connectivity index (χ2n) is 5.84. The summed E-state index contributed by atoms with van der Waals surface area (Å²) in [4.78, 5) is 31.2. The average molecular weight is 324 g/mol. The zero-order valence-corrected chi connectivity index (χ0v) is 13.3. The minimum Gasteiger partial charge on any atom is -0.352 e. The summed E-state index contributed by atoms with van der Waals surface area (Å²) in [5, 5.41) is 2.72. The van der Waals surface area contributed by atoms with E-state index in [1.165, 1.54) is 0 Å². The van der Waals surface area contributed by atoms with E-state index in [1.54, 1.807) is 30.5 Å². The predicted molar refractivity (Wildman–Crippen MR) is 91.7 cm³/mol. The number of carbonyl (C=O) groups is 2. The Bertz CT molecular complexity index is 720. The molecule has 2 amide bonds. The Kier molecular flexibility index (Phi) is 4.46. The van der Waals surface area contributed by atoms with Gasteiger partial charge in [0.25, 0.3) is 0 Å². The first-order valence-corrected chi connectivity index (χ1v) is 8.00. The maximum Gasteiger partial charge on any atom is 0.314 e. The van der Waals surface area contributed by atoms with Crippen molar-refractivity contribution in [2.45, 2.75) is 24.9 Å². The maximum absolute atomic E-state index is 13.3. The summed E-state index contributed by atoms with van der Waals surface area (Å²) < 4.78 is 0. The van der Waals surface area contributed by atoms with E-state index in [2.05, 4.69) is 10.3 Å². The molecule has 0 saturated carbocycles. The number of carbonyl (C=O) groups excluding carboxylic acids is 2. The van der Waals surface area contributed by atoms with Gasteiger partial charge in [0.15, 0.2) is 5.66 Å². The second-order valence-corrected chi connectivity index (χ2v) is 5.84. The Hall–Kier alpha value is -2.89. The monoisotopic (exact) mass is 324 g/mol. The largest absolute Gasteiger partial charge is 0.352 e. The van der Waals surface area contributed by atoms with Crippen molar-refractivity contribution in [2.24, 2.45) is 5.73 Å². The highest BCUT2D eigenvalue weighted by molar-refractivity contribution is 6.06. The van der Waals surface area contributed by atoms with Crippen LogP contribution in [0.15, 0.2) is 54.7 Å². The highest BCUT2D eigenvalue weighted by atomic mass is 16.2.